The summed E-state index contributed by atoms with van der Waals surface area (Å²) in [4.78, 5) is 0. The SMILES string of the molecule is C[C@H]1NC[C@H](c2ccc3ccccc3c2)c2ccccc21. The Hall–Kier alpha value is -2.12. The topological polar surface area (TPSA) is 12.0 Å². The van der Waals surface area contributed by atoms with Gasteiger partial charge in [0.15, 0.2) is 0 Å². The van der Waals surface area contributed by atoms with Crippen LogP contribution in [0.4, 0.5) is 0 Å². The highest BCUT2D eigenvalue weighted by Crippen LogP contribution is 2.35. The van der Waals surface area contributed by atoms with Gasteiger partial charge in [0.1, 0.15) is 0 Å². The summed E-state index contributed by atoms with van der Waals surface area (Å²) >= 11 is 0. The third-order valence-electron chi connectivity index (χ3n) is 4.64. The number of nitrogens with one attached hydrogen (secondary N) is 1. The first kappa shape index (κ1) is 12.6. The van der Waals surface area contributed by atoms with Crippen molar-refractivity contribution in [3.63, 3.8) is 0 Å². The van der Waals surface area contributed by atoms with Crippen molar-refractivity contribution in [3.05, 3.63) is 83.4 Å². The Kier molecular flexibility index (Phi) is 3.01. The van der Waals surface area contributed by atoms with Crippen LogP contribution >= 0.6 is 0 Å². The molecule has 3 aromatic rings. The standard InChI is InChI=1S/C20H19N/c1-14-18-8-4-5-9-19(18)20(13-21-14)17-11-10-15-6-2-3-7-16(15)12-17/h2-12,14,20-21H,13H2,1H3/t14-,20-/m1/s1. The van der Waals surface area contributed by atoms with Gasteiger partial charge in [-0.2, -0.15) is 0 Å². The van der Waals surface area contributed by atoms with Crippen LogP contribution in [0.2, 0.25) is 0 Å². The normalized spacial score (nSPS) is 21.2. The van der Waals surface area contributed by atoms with E-state index < -0.39 is 0 Å². The molecule has 0 saturated carbocycles. The van der Waals surface area contributed by atoms with Crippen molar-refractivity contribution in [2.75, 3.05) is 6.54 Å². The fourth-order valence-corrected chi connectivity index (χ4v) is 3.46. The molecule has 0 bridgehead atoms. The molecule has 0 aliphatic carbocycles. The third kappa shape index (κ3) is 2.14. The summed E-state index contributed by atoms with van der Waals surface area (Å²) in [7, 11) is 0. The molecule has 1 N–H and O–H groups in total. The molecule has 1 heterocycles. The molecule has 0 amide bonds. The first-order valence-corrected chi connectivity index (χ1v) is 7.64. The highest BCUT2D eigenvalue weighted by molar-refractivity contribution is 5.83. The first-order valence-electron chi connectivity index (χ1n) is 7.64. The summed E-state index contributed by atoms with van der Waals surface area (Å²) in [5, 5.41) is 6.27. The fraction of sp³-hybridized carbons (Fsp3) is 0.200. The van der Waals surface area contributed by atoms with Crippen molar-refractivity contribution in [3.8, 4) is 0 Å². The lowest BCUT2D eigenvalue weighted by Crippen LogP contribution is -2.31. The van der Waals surface area contributed by atoms with Crippen molar-refractivity contribution < 1.29 is 0 Å². The molecule has 21 heavy (non-hydrogen) atoms. The number of rotatable bonds is 1. The molecule has 0 unspecified atom stereocenters. The van der Waals surface area contributed by atoms with Gasteiger partial charge in [0.2, 0.25) is 0 Å². The zero-order valence-electron chi connectivity index (χ0n) is 12.2. The lowest BCUT2D eigenvalue weighted by Gasteiger charge is -2.31. The largest absolute Gasteiger partial charge is 0.309 e. The highest BCUT2D eigenvalue weighted by atomic mass is 14.9. The maximum Gasteiger partial charge on any atom is 0.0295 e. The summed E-state index contributed by atoms with van der Waals surface area (Å²) in [6.45, 7) is 3.26. The molecular weight excluding hydrogens is 254 g/mol. The Morgan fingerprint density at radius 3 is 2.38 bits per heavy atom. The zero-order valence-corrected chi connectivity index (χ0v) is 12.2. The Bertz CT molecular complexity index is 790. The first-order chi connectivity index (χ1) is 10.3. The van der Waals surface area contributed by atoms with E-state index >= 15 is 0 Å². The molecule has 3 aromatic carbocycles. The molecule has 1 nitrogen and oxygen atoms in total. The number of benzene rings is 3. The predicted octanol–water partition coefficient (Wildman–Crippen LogP) is 4.64. The van der Waals surface area contributed by atoms with Gasteiger partial charge in [-0.15, -0.1) is 0 Å². The Labute approximate surface area is 125 Å². The molecule has 0 radical (unpaired) electrons. The van der Waals surface area contributed by atoms with Gasteiger partial charge in [-0.1, -0.05) is 66.7 Å². The van der Waals surface area contributed by atoms with Gasteiger partial charge in [0.25, 0.3) is 0 Å². The van der Waals surface area contributed by atoms with Crippen LogP contribution < -0.4 is 5.32 Å². The van der Waals surface area contributed by atoms with Crippen LogP contribution in [0.5, 0.6) is 0 Å². The minimum absolute atomic E-state index is 0.443. The van der Waals surface area contributed by atoms with Crippen molar-refractivity contribution in [2.45, 2.75) is 18.9 Å². The average Bonchev–Trinajstić information content (AvgIpc) is 2.55. The van der Waals surface area contributed by atoms with E-state index in [4.69, 9.17) is 0 Å². The number of fused-ring (bicyclic) bond motifs is 2. The third-order valence-corrected chi connectivity index (χ3v) is 4.64. The number of hydrogen-bond acceptors (Lipinski definition) is 1. The van der Waals surface area contributed by atoms with Gasteiger partial charge in [-0.3, -0.25) is 0 Å². The summed E-state index contributed by atoms with van der Waals surface area (Å²) in [6.07, 6.45) is 0. The molecule has 2 atom stereocenters. The zero-order chi connectivity index (χ0) is 14.2. The highest BCUT2D eigenvalue weighted by Gasteiger charge is 2.24. The average molecular weight is 273 g/mol. The van der Waals surface area contributed by atoms with Crippen LogP contribution in [0.1, 0.15) is 35.6 Å². The van der Waals surface area contributed by atoms with Gasteiger partial charge >= 0.3 is 0 Å². The molecule has 4 rings (SSSR count). The Balaban J connectivity index is 1.84. The molecule has 0 spiro atoms. The second kappa shape index (κ2) is 5.01. The van der Waals surface area contributed by atoms with E-state index in [0.717, 1.165) is 6.54 Å². The van der Waals surface area contributed by atoms with Crippen LogP contribution in [0.15, 0.2) is 66.7 Å². The molecule has 0 fully saturated rings. The minimum Gasteiger partial charge on any atom is -0.309 e. The maximum atomic E-state index is 3.63. The molecule has 104 valence electrons. The quantitative estimate of drug-likeness (QED) is 0.681. The fourth-order valence-electron chi connectivity index (χ4n) is 3.46. The summed E-state index contributed by atoms with van der Waals surface area (Å²) in [6, 6.07) is 24.7. The van der Waals surface area contributed by atoms with Gasteiger partial charge in [0, 0.05) is 18.5 Å². The van der Waals surface area contributed by atoms with Crippen LogP contribution in [0.3, 0.4) is 0 Å². The van der Waals surface area contributed by atoms with Crippen LogP contribution in [0.25, 0.3) is 10.8 Å². The second-order valence-electron chi connectivity index (χ2n) is 5.92. The van der Waals surface area contributed by atoms with Crippen LogP contribution in [0, 0.1) is 0 Å². The second-order valence-corrected chi connectivity index (χ2v) is 5.92. The lowest BCUT2D eigenvalue weighted by molar-refractivity contribution is 0.508. The van der Waals surface area contributed by atoms with Crippen LogP contribution in [-0.2, 0) is 0 Å². The summed E-state index contributed by atoms with van der Waals surface area (Å²) in [5.41, 5.74) is 4.31. The van der Waals surface area contributed by atoms with E-state index in [0.29, 0.717) is 12.0 Å². The van der Waals surface area contributed by atoms with Crippen molar-refractivity contribution in [2.24, 2.45) is 0 Å². The Morgan fingerprint density at radius 2 is 1.52 bits per heavy atom. The molecule has 0 saturated heterocycles. The Morgan fingerprint density at radius 1 is 0.810 bits per heavy atom. The van der Waals surface area contributed by atoms with Crippen molar-refractivity contribution >= 4 is 10.8 Å². The molecular formula is C20H19N. The van der Waals surface area contributed by atoms with Gasteiger partial charge in [-0.25, -0.2) is 0 Å². The number of hydrogen-bond donors (Lipinski definition) is 1. The smallest absolute Gasteiger partial charge is 0.0295 e. The van der Waals surface area contributed by atoms with E-state index in [9.17, 15) is 0 Å². The van der Waals surface area contributed by atoms with Crippen molar-refractivity contribution in [1.82, 2.24) is 5.32 Å². The monoisotopic (exact) mass is 273 g/mol. The molecule has 1 aliphatic rings. The van der Waals surface area contributed by atoms with E-state index in [1.807, 2.05) is 0 Å². The van der Waals surface area contributed by atoms with Gasteiger partial charge < -0.3 is 5.32 Å². The lowest BCUT2D eigenvalue weighted by atomic mass is 9.82. The minimum atomic E-state index is 0.443. The van der Waals surface area contributed by atoms with Crippen molar-refractivity contribution in [1.29, 1.82) is 0 Å². The van der Waals surface area contributed by atoms with E-state index in [-0.39, 0.29) is 0 Å². The van der Waals surface area contributed by atoms with E-state index in [2.05, 4.69) is 79.0 Å². The predicted molar refractivity (Wildman–Crippen MR) is 88.7 cm³/mol. The summed E-state index contributed by atoms with van der Waals surface area (Å²) in [5.74, 6) is 0.446. The van der Waals surface area contributed by atoms with Crippen LogP contribution in [-0.4, -0.2) is 6.54 Å². The molecule has 0 aromatic heterocycles. The summed E-state index contributed by atoms with van der Waals surface area (Å²) < 4.78 is 0. The molecule has 1 aliphatic heterocycles. The van der Waals surface area contributed by atoms with E-state index in [1.54, 1.807) is 0 Å². The maximum absolute atomic E-state index is 3.63. The van der Waals surface area contributed by atoms with Gasteiger partial charge in [-0.05, 0) is 34.4 Å². The van der Waals surface area contributed by atoms with Gasteiger partial charge in [0.05, 0.1) is 0 Å². The van der Waals surface area contributed by atoms with E-state index in [1.165, 1.54) is 27.5 Å². The molecule has 1 heteroatoms.